The molecule has 0 spiro atoms. The first-order valence-electron chi connectivity index (χ1n) is 9.02. The number of hydrazine groups is 1. The molecule has 0 bridgehead atoms. The Morgan fingerprint density at radius 3 is 2.80 bits per heavy atom. The van der Waals surface area contributed by atoms with E-state index < -0.39 is 5.97 Å². The van der Waals surface area contributed by atoms with Crippen molar-refractivity contribution in [3.05, 3.63) is 76.2 Å². The summed E-state index contributed by atoms with van der Waals surface area (Å²) in [4.78, 5) is 26.0. The molecule has 30 heavy (non-hydrogen) atoms. The summed E-state index contributed by atoms with van der Waals surface area (Å²) < 4.78 is 6.60. The highest BCUT2D eigenvalue weighted by Crippen LogP contribution is 2.27. The molecule has 0 saturated heterocycles. The van der Waals surface area contributed by atoms with Crippen molar-refractivity contribution in [3.63, 3.8) is 0 Å². The molecule has 3 aromatic rings. The van der Waals surface area contributed by atoms with Gasteiger partial charge in [-0.3, -0.25) is 5.01 Å². The van der Waals surface area contributed by atoms with Crippen molar-refractivity contribution in [1.29, 1.82) is 0 Å². The second-order valence-electron chi connectivity index (χ2n) is 6.36. The summed E-state index contributed by atoms with van der Waals surface area (Å²) in [5, 5.41) is 2.60. The average molecular weight is 446 g/mol. The SMILES string of the molecule is O=C(COc1ccc(Cl)cc1Cl)On1cnc2c1N=CN(NCc1ccccc1)C2. The van der Waals surface area contributed by atoms with Crippen LogP contribution in [0.1, 0.15) is 11.3 Å². The molecule has 1 aromatic heterocycles. The number of aliphatic imine (C=N–C) groups is 1. The second kappa shape index (κ2) is 9.17. The lowest BCUT2D eigenvalue weighted by Gasteiger charge is -2.23. The molecule has 2 aromatic carbocycles. The Kier molecular flexibility index (Phi) is 6.18. The van der Waals surface area contributed by atoms with Crippen LogP contribution in [0.15, 0.2) is 59.9 Å². The van der Waals surface area contributed by atoms with Crippen LogP contribution >= 0.6 is 23.2 Å². The van der Waals surface area contributed by atoms with Gasteiger partial charge in [0.25, 0.3) is 0 Å². The van der Waals surface area contributed by atoms with Crippen LogP contribution in [0, 0.1) is 0 Å². The number of halogens is 2. The number of aromatic nitrogens is 2. The van der Waals surface area contributed by atoms with E-state index >= 15 is 0 Å². The zero-order valence-corrected chi connectivity index (χ0v) is 17.2. The minimum atomic E-state index is -0.624. The lowest BCUT2D eigenvalue weighted by atomic mass is 10.2. The van der Waals surface area contributed by atoms with Crippen molar-refractivity contribution >= 4 is 41.3 Å². The number of hydrogen-bond donors (Lipinski definition) is 1. The van der Waals surface area contributed by atoms with Crippen LogP contribution in [-0.4, -0.2) is 33.6 Å². The summed E-state index contributed by atoms with van der Waals surface area (Å²) in [5.41, 5.74) is 5.09. The summed E-state index contributed by atoms with van der Waals surface area (Å²) in [5.74, 6) is 0.163. The predicted octanol–water partition coefficient (Wildman–Crippen LogP) is 3.40. The summed E-state index contributed by atoms with van der Waals surface area (Å²) in [6, 6.07) is 14.7. The van der Waals surface area contributed by atoms with Crippen LogP contribution in [0.25, 0.3) is 0 Å². The van der Waals surface area contributed by atoms with Crippen molar-refractivity contribution in [2.24, 2.45) is 4.99 Å². The molecule has 1 aliphatic heterocycles. The Balaban J connectivity index is 1.31. The standard InChI is InChI=1S/C20H17Cl2N5O3/c21-15-6-7-18(16(22)8-15)29-11-19(28)30-27-13-23-17-10-26(12-24-20(17)27)25-9-14-4-2-1-3-5-14/h1-8,12-13,25H,9-11H2. The van der Waals surface area contributed by atoms with Gasteiger partial charge in [0.2, 0.25) is 0 Å². The molecule has 1 aliphatic rings. The first-order chi connectivity index (χ1) is 14.6. The normalized spacial score (nSPS) is 12.5. The molecule has 10 heteroatoms. The maximum atomic E-state index is 12.1. The number of fused-ring (bicyclic) bond motifs is 1. The third kappa shape index (κ3) is 4.91. The monoisotopic (exact) mass is 445 g/mol. The van der Waals surface area contributed by atoms with Crippen LogP contribution in [0.2, 0.25) is 10.0 Å². The molecule has 0 atom stereocenters. The van der Waals surface area contributed by atoms with Crippen molar-refractivity contribution in [3.8, 4) is 5.75 Å². The van der Waals surface area contributed by atoms with E-state index in [0.29, 0.717) is 40.4 Å². The van der Waals surface area contributed by atoms with E-state index in [-0.39, 0.29) is 6.61 Å². The Bertz CT molecular complexity index is 1070. The molecule has 0 radical (unpaired) electrons. The van der Waals surface area contributed by atoms with Crippen molar-refractivity contribution < 1.29 is 14.4 Å². The predicted molar refractivity (Wildman–Crippen MR) is 113 cm³/mol. The van der Waals surface area contributed by atoms with Crippen molar-refractivity contribution in [2.45, 2.75) is 13.1 Å². The van der Waals surface area contributed by atoms with Gasteiger partial charge in [0.05, 0.1) is 11.6 Å². The Morgan fingerprint density at radius 2 is 2.00 bits per heavy atom. The van der Waals surface area contributed by atoms with E-state index in [1.54, 1.807) is 18.5 Å². The number of benzene rings is 2. The van der Waals surface area contributed by atoms with Crippen LogP contribution in [0.4, 0.5) is 5.82 Å². The fourth-order valence-electron chi connectivity index (χ4n) is 2.75. The Morgan fingerprint density at radius 1 is 1.17 bits per heavy atom. The van der Waals surface area contributed by atoms with Crippen LogP contribution < -0.4 is 15.0 Å². The summed E-state index contributed by atoms with van der Waals surface area (Å²) in [6.45, 7) is 0.804. The van der Waals surface area contributed by atoms with Crippen LogP contribution in [-0.2, 0) is 17.9 Å². The minimum absolute atomic E-state index is 0.308. The molecule has 0 saturated carbocycles. The summed E-state index contributed by atoms with van der Waals surface area (Å²) >= 11 is 11.9. The second-order valence-corrected chi connectivity index (χ2v) is 7.20. The van der Waals surface area contributed by atoms with Gasteiger partial charge in [-0.2, -0.15) is 0 Å². The van der Waals surface area contributed by atoms with Gasteiger partial charge < -0.3 is 9.57 Å². The first kappa shape index (κ1) is 20.2. The Labute approximate surface area is 182 Å². The van der Waals surface area contributed by atoms with Gasteiger partial charge in [-0.25, -0.2) is 20.2 Å². The van der Waals surface area contributed by atoms with Gasteiger partial charge >= 0.3 is 5.97 Å². The van der Waals surface area contributed by atoms with Gasteiger partial charge in [-0.05, 0) is 23.8 Å². The van der Waals surface area contributed by atoms with Gasteiger partial charge in [0.1, 0.15) is 24.1 Å². The number of imidazole rings is 1. The van der Waals surface area contributed by atoms with E-state index in [4.69, 9.17) is 32.8 Å². The van der Waals surface area contributed by atoms with Gasteiger partial charge in [-0.15, -0.1) is 4.73 Å². The van der Waals surface area contributed by atoms with Crippen LogP contribution in [0.5, 0.6) is 5.75 Å². The Hall–Kier alpha value is -3.07. The van der Waals surface area contributed by atoms with Crippen molar-refractivity contribution in [2.75, 3.05) is 6.61 Å². The lowest BCUT2D eigenvalue weighted by molar-refractivity contribution is -0.146. The van der Waals surface area contributed by atoms with E-state index in [0.717, 1.165) is 5.56 Å². The maximum Gasteiger partial charge on any atom is 0.370 e. The molecule has 8 nitrogen and oxygen atoms in total. The first-order valence-corrected chi connectivity index (χ1v) is 9.77. The third-order valence-electron chi connectivity index (χ3n) is 4.19. The molecule has 0 amide bonds. The third-order valence-corrected chi connectivity index (χ3v) is 4.72. The number of rotatable bonds is 7. The van der Waals surface area contributed by atoms with Crippen molar-refractivity contribution in [1.82, 2.24) is 20.1 Å². The number of carbonyl (C=O) groups excluding carboxylic acids is 1. The molecule has 0 unspecified atom stereocenters. The number of carbonyl (C=O) groups is 1. The maximum absolute atomic E-state index is 12.1. The topological polar surface area (TPSA) is 81.0 Å². The lowest BCUT2D eigenvalue weighted by Crippen LogP contribution is -2.37. The highest BCUT2D eigenvalue weighted by atomic mass is 35.5. The van der Waals surface area contributed by atoms with E-state index in [1.807, 2.05) is 35.3 Å². The molecule has 0 fully saturated rings. The van der Waals surface area contributed by atoms with E-state index in [1.165, 1.54) is 17.1 Å². The van der Waals surface area contributed by atoms with E-state index in [2.05, 4.69) is 15.4 Å². The highest BCUT2D eigenvalue weighted by molar-refractivity contribution is 6.35. The molecule has 154 valence electrons. The fourth-order valence-corrected chi connectivity index (χ4v) is 3.21. The molecule has 4 rings (SSSR count). The number of ether oxygens (including phenoxy) is 1. The van der Waals surface area contributed by atoms with E-state index in [9.17, 15) is 4.79 Å². The molecule has 0 aliphatic carbocycles. The average Bonchev–Trinajstić information content (AvgIpc) is 3.14. The molecule has 1 N–H and O–H groups in total. The molecule has 2 heterocycles. The smallest absolute Gasteiger partial charge is 0.370 e. The molecular weight excluding hydrogens is 429 g/mol. The largest absolute Gasteiger partial charge is 0.480 e. The zero-order valence-electron chi connectivity index (χ0n) is 15.7. The van der Waals surface area contributed by atoms with Crippen LogP contribution in [0.3, 0.4) is 0 Å². The van der Waals surface area contributed by atoms with Gasteiger partial charge in [0.15, 0.2) is 12.4 Å². The number of hydrogen-bond acceptors (Lipinski definition) is 7. The fraction of sp³-hybridized carbons (Fsp3) is 0.150. The van der Waals surface area contributed by atoms with Gasteiger partial charge in [0, 0.05) is 11.6 Å². The zero-order chi connectivity index (χ0) is 20.9. The quantitative estimate of drug-likeness (QED) is 0.599. The minimum Gasteiger partial charge on any atom is -0.480 e. The summed E-state index contributed by atoms with van der Waals surface area (Å²) in [6.07, 6.45) is 3.02. The number of nitrogens with one attached hydrogen (secondary N) is 1. The summed E-state index contributed by atoms with van der Waals surface area (Å²) in [7, 11) is 0. The highest BCUT2D eigenvalue weighted by Gasteiger charge is 2.20. The van der Waals surface area contributed by atoms with Gasteiger partial charge in [-0.1, -0.05) is 53.5 Å². The number of nitrogens with zero attached hydrogens (tertiary/aromatic N) is 4. The molecular formula is C20H17Cl2N5O3.